The van der Waals surface area contributed by atoms with Crippen LogP contribution < -0.4 is 11.1 Å². The smallest absolute Gasteiger partial charge is 0.410 e. The quantitative estimate of drug-likeness (QED) is 0.309. The maximum atomic E-state index is 12.4. The number of likely N-dealkylation sites (tertiary alicyclic amines) is 1. The van der Waals surface area contributed by atoms with Gasteiger partial charge in [-0.2, -0.15) is 0 Å². The maximum absolute atomic E-state index is 12.4. The average molecular weight is 433 g/mol. The van der Waals surface area contributed by atoms with Gasteiger partial charge in [0.25, 0.3) is 0 Å². The van der Waals surface area contributed by atoms with Crippen molar-refractivity contribution in [3.05, 3.63) is 21.9 Å². The summed E-state index contributed by atoms with van der Waals surface area (Å²) in [6.45, 7) is 7.49. The van der Waals surface area contributed by atoms with Crippen molar-refractivity contribution in [3.8, 4) is 12.3 Å². The molecule has 31 heavy (non-hydrogen) atoms. The number of pyridine rings is 1. The van der Waals surface area contributed by atoms with Crippen molar-refractivity contribution in [1.29, 1.82) is 0 Å². The number of carbonyl (C=O) groups excluding carboxylic acids is 2. The third kappa shape index (κ3) is 5.75. The summed E-state index contributed by atoms with van der Waals surface area (Å²) in [7, 11) is 0. The lowest BCUT2D eigenvalue weighted by Crippen LogP contribution is -2.49. The average Bonchev–Trinajstić information content (AvgIpc) is 2.66. The largest absolute Gasteiger partial charge is 0.462 e. The number of amides is 1. The van der Waals surface area contributed by atoms with Crippen LogP contribution in [0.1, 0.15) is 44.5 Å². The molecule has 168 valence electrons. The fourth-order valence-corrected chi connectivity index (χ4v) is 3.18. The Bertz CT molecular complexity index is 905. The van der Waals surface area contributed by atoms with E-state index in [1.54, 1.807) is 27.7 Å². The van der Waals surface area contributed by atoms with Crippen molar-refractivity contribution < 1.29 is 24.0 Å². The lowest BCUT2D eigenvalue weighted by Gasteiger charge is -2.37. The van der Waals surface area contributed by atoms with Crippen molar-refractivity contribution in [3.63, 3.8) is 0 Å². The lowest BCUT2D eigenvalue weighted by molar-refractivity contribution is -0.383. The molecule has 0 saturated carbocycles. The molecule has 0 radical (unpaired) electrons. The van der Waals surface area contributed by atoms with Crippen molar-refractivity contribution in [2.75, 3.05) is 30.7 Å². The number of piperidine rings is 1. The molecule has 11 heteroatoms. The van der Waals surface area contributed by atoms with Gasteiger partial charge in [0.2, 0.25) is 5.82 Å². The number of anilines is 2. The zero-order chi connectivity index (χ0) is 23.3. The van der Waals surface area contributed by atoms with Crippen LogP contribution in [0, 0.1) is 28.4 Å². The van der Waals surface area contributed by atoms with Crippen LogP contribution in [-0.4, -0.2) is 58.2 Å². The number of carbonyl (C=O) groups is 2. The van der Waals surface area contributed by atoms with E-state index in [9.17, 15) is 19.7 Å². The van der Waals surface area contributed by atoms with Gasteiger partial charge in [0.05, 0.1) is 17.4 Å². The molecule has 0 spiro atoms. The van der Waals surface area contributed by atoms with Crippen LogP contribution in [0.4, 0.5) is 22.0 Å². The predicted octanol–water partition coefficient (Wildman–Crippen LogP) is 2.42. The number of nitro groups is 1. The number of nitrogens with two attached hydrogens (primary N) is 1. The number of aromatic nitrogens is 1. The third-order valence-electron chi connectivity index (χ3n) is 4.57. The second-order valence-corrected chi connectivity index (χ2v) is 8.00. The van der Waals surface area contributed by atoms with Gasteiger partial charge in [0.1, 0.15) is 16.9 Å². The van der Waals surface area contributed by atoms with Crippen LogP contribution in [0.25, 0.3) is 0 Å². The van der Waals surface area contributed by atoms with E-state index >= 15 is 0 Å². The number of rotatable bonds is 5. The van der Waals surface area contributed by atoms with Crippen LogP contribution >= 0.6 is 0 Å². The van der Waals surface area contributed by atoms with Crippen LogP contribution in [0.3, 0.4) is 0 Å². The van der Waals surface area contributed by atoms with Gasteiger partial charge >= 0.3 is 17.7 Å². The third-order valence-corrected chi connectivity index (χ3v) is 4.57. The van der Waals surface area contributed by atoms with E-state index < -0.39 is 40.2 Å². The monoisotopic (exact) mass is 433 g/mol. The van der Waals surface area contributed by atoms with Crippen molar-refractivity contribution in [2.45, 2.75) is 45.8 Å². The Morgan fingerprint density at radius 1 is 1.48 bits per heavy atom. The van der Waals surface area contributed by atoms with Crippen LogP contribution in [0.2, 0.25) is 0 Å². The molecule has 1 aliphatic rings. The van der Waals surface area contributed by atoms with Gasteiger partial charge in [-0.05, 0) is 34.1 Å². The molecular formula is C20H27N5O6. The summed E-state index contributed by atoms with van der Waals surface area (Å²) >= 11 is 0. The molecule has 1 aromatic heterocycles. The first-order valence-corrected chi connectivity index (χ1v) is 9.79. The first-order chi connectivity index (χ1) is 14.5. The van der Waals surface area contributed by atoms with Gasteiger partial charge in [0, 0.05) is 25.3 Å². The Kier molecular flexibility index (Phi) is 7.28. The Balaban J connectivity index is 2.32. The Morgan fingerprint density at radius 3 is 2.71 bits per heavy atom. The molecule has 1 amide bonds. The maximum Gasteiger partial charge on any atom is 0.410 e. The van der Waals surface area contributed by atoms with E-state index in [1.807, 2.05) is 0 Å². The summed E-state index contributed by atoms with van der Waals surface area (Å²) in [4.78, 5) is 40.9. The van der Waals surface area contributed by atoms with Gasteiger partial charge in [-0.15, -0.1) is 6.42 Å². The van der Waals surface area contributed by atoms with Gasteiger partial charge in [0.15, 0.2) is 0 Å². The molecule has 1 fully saturated rings. The molecule has 2 heterocycles. The second-order valence-electron chi connectivity index (χ2n) is 8.00. The minimum atomic E-state index is -0.774. The zero-order valence-corrected chi connectivity index (χ0v) is 18.0. The van der Waals surface area contributed by atoms with E-state index in [1.165, 1.54) is 4.90 Å². The highest BCUT2D eigenvalue weighted by Gasteiger charge is 2.36. The van der Waals surface area contributed by atoms with Gasteiger partial charge in [-0.1, -0.05) is 5.92 Å². The number of esters is 1. The highest BCUT2D eigenvalue weighted by Crippen LogP contribution is 2.35. The van der Waals surface area contributed by atoms with E-state index in [4.69, 9.17) is 21.6 Å². The Labute approximate surface area is 180 Å². The van der Waals surface area contributed by atoms with E-state index in [0.29, 0.717) is 13.0 Å². The van der Waals surface area contributed by atoms with Crippen LogP contribution in [-0.2, 0) is 9.47 Å². The highest BCUT2D eigenvalue weighted by molar-refractivity contribution is 5.99. The van der Waals surface area contributed by atoms with Gasteiger partial charge in [-0.25, -0.2) is 14.6 Å². The second kappa shape index (κ2) is 9.51. The van der Waals surface area contributed by atoms with E-state index in [0.717, 1.165) is 6.20 Å². The lowest BCUT2D eigenvalue weighted by atomic mass is 9.92. The summed E-state index contributed by atoms with van der Waals surface area (Å²) in [5.41, 5.74) is 4.30. The summed E-state index contributed by atoms with van der Waals surface area (Å²) in [5.74, 6) is 1.00. The van der Waals surface area contributed by atoms with Crippen LogP contribution in [0.15, 0.2) is 6.20 Å². The summed E-state index contributed by atoms with van der Waals surface area (Å²) in [6.07, 6.45) is 6.69. The molecule has 1 saturated heterocycles. The minimum absolute atomic E-state index is 0.0811. The zero-order valence-electron chi connectivity index (χ0n) is 18.0. The number of hydrogen-bond acceptors (Lipinski definition) is 9. The van der Waals surface area contributed by atoms with E-state index in [2.05, 4.69) is 16.2 Å². The molecule has 0 aliphatic carbocycles. The molecule has 1 aromatic rings. The van der Waals surface area contributed by atoms with Crippen molar-refractivity contribution >= 4 is 29.3 Å². The molecule has 0 bridgehead atoms. The molecule has 1 unspecified atom stereocenters. The molecular weight excluding hydrogens is 406 g/mol. The Morgan fingerprint density at radius 2 is 2.16 bits per heavy atom. The highest BCUT2D eigenvalue weighted by atomic mass is 16.6. The van der Waals surface area contributed by atoms with Crippen molar-refractivity contribution in [2.24, 2.45) is 5.92 Å². The Hall–Kier alpha value is -3.55. The molecule has 2 rings (SSSR count). The molecule has 1 aliphatic heterocycles. The first kappa shape index (κ1) is 23.7. The number of hydrogen-bond donors (Lipinski definition) is 2. The summed E-state index contributed by atoms with van der Waals surface area (Å²) in [5, 5.41) is 14.6. The SMILES string of the molecule is C#C[C@H]1CN(C(=O)OC(C)(C)C)CCC1Nc1c(C(=O)OCC)cnc(N)c1[N+](=O)[O-]. The van der Waals surface area contributed by atoms with Gasteiger partial charge < -0.3 is 25.4 Å². The number of nitrogen functional groups attached to an aromatic ring is 1. The number of terminal acetylenes is 1. The normalized spacial score (nSPS) is 18.6. The molecule has 0 aromatic carbocycles. The molecule has 11 nitrogen and oxygen atoms in total. The summed E-state index contributed by atoms with van der Waals surface area (Å²) in [6, 6.07) is -0.461. The number of nitrogens with zero attached hydrogens (tertiary/aromatic N) is 3. The van der Waals surface area contributed by atoms with E-state index in [-0.39, 0.29) is 30.2 Å². The topological polar surface area (TPSA) is 150 Å². The predicted molar refractivity (Wildman–Crippen MR) is 113 cm³/mol. The fraction of sp³-hybridized carbons (Fsp3) is 0.550. The molecule has 3 N–H and O–H groups in total. The number of ether oxygens (including phenoxy) is 2. The number of nitrogens with one attached hydrogen (secondary N) is 1. The standard InChI is InChI=1S/C20H27N5O6/c1-6-12-11-24(19(27)31-20(3,4)5)9-8-14(12)23-15-13(18(26)30-7-2)10-22-17(21)16(15)25(28)29/h1,10,12,14H,7-9,11H2,2-5H3,(H3,21,22,23)/t12-,14?/m0/s1. The minimum Gasteiger partial charge on any atom is -0.462 e. The first-order valence-electron chi connectivity index (χ1n) is 9.79. The van der Waals surface area contributed by atoms with Gasteiger partial charge in [-0.3, -0.25) is 10.1 Å². The van der Waals surface area contributed by atoms with Crippen LogP contribution in [0.5, 0.6) is 0 Å². The summed E-state index contributed by atoms with van der Waals surface area (Å²) < 4.78 is 10.4. The molecule has 2 atom stereocenters. The van der Waals surface area contributed by atoms with Crippen molar-refractivity contribution in [1.82, 2.24) is 9.88 Å². The fourth-order valence-electron chi connectivity index (χ4n) is 3.18.